The Hall–Kier alpha value is -3.57. The van der Waals surface area contributed by atoms with Crippen LogP contribution >= 0.6 is 0 Å². The molecule has 0 bridgehead atoms. The number of nitrogens with one attached hydrogen (secondary N) is 1. The van der Waals surface area contributed by atoms with Gasteiger partial charge in [-0.05, 0) is 62.1 Å². The van der Waals surface area contributed by atoms with E-state index in [1.165, 1.54) is 36.4 Å². The van der Waals surface area contributed by atoms with E-state index in [1.807, 2.05) is 18.6 Å². The van der Waals surface area contributed by atoms with E-state index < -0.39 is 21.7 Å². The van der Waals surface area contributed by atoms with Crippen LogP contribution in [0.3, 0.4) is 0 Å². The third-order valence-corrected chi connectivity index (χ3v) is 7.16. The zero-order valence-corrected chi connectivity index (χ0v) is 23.0. The van der Waals surface area contributed by atoms with Crippen LogP contribution in [0.2, 0.25) is 0 Å². The van der Waals surface area contributed by atoms with E-state index in [0.29, 0.717) is 42.3 Å². The number of hydrogen-bond acceptors (Lipinski definition) is 8. The molecule has 39 heavy (non-hydrogen) atoms. The Morgan fingerprint density at radius 2 is 1.97 bits per heavy atom. The van der Waals surface area contributed by atoms with Gasteiger partial charge < -0.3 is 14.2 Å². The van der Waals surface area contributed by atoms with Crippen LogP contribution < -0.4 is 14.2 Å². The van der Waals surface area contributed by atoms with Crippen LogP contribution in [0.1, 0.15) is 49.2 Å². The Kier molecular flexibility index (Phi) is 9.13. The first-order chi connectivity index (χ1) is 18.6. The molecule has 0 saturated carbocycles. The van der Waals surface area contributed by atoms with Gasteiger partial charge in [0.2, 0.25) is 5.88 Å². The van der Waals surface area contributed by atoms with Crippen LogP contribution in [-0.4, -0.2) is 50.2 Å². The van der Waals surface area contributed by atoms with Gasteiger partial charge in [-0.1, -0.05) is 19.9 Å². The van der Waals surface area contributed by atoms with Gasteiger partial charge in [0.25, 0.3) is 15.9 Å². The summed E-state index contributed by atoms with van der Waals surface area (Å²) in [6.07, 6.45) is 2.50. The highest BCUT2D eigenvalue weighted by molar-refractivity contribution is 7.90. The molecule has 2 aromatic heterocycles. The van der Waals surface area contributed by atoms with Crippen molar-refractivity contribution in [3.05, 3.63) is 65.6 Å². The standard InChI is InChI=1S/C28H32FN3O6S/c1-18(2)17-38-23-15-20(14-21(29)16-23)25-10-9-24(28(31-25)37-13-11-22-7-5-12-36-22)27(33)32-39(34,35)26-8-4-6-19(3)30-26/h4,6,8-10,14-16,18,22H,5,7,11-13,17H2,1-3H3,(H,32,33). The molecular weight excluding hydrogens is 525 g/mol. The molecule has 1 atom stereocenters. The van der Waals surface area contributed by atoms with Gasteiger partial charge in [-0.3, -0.25) is 4.79 Å². The van der Waals surface area contributed by atoms with E-state index in [0.717, 1.165) is 12.8 Å². The smallest absolute Gasteiger partial charge is 0.281 e. The first-order valence-corrected chi connectivity index (χ1v) is 14.3. The van der Waals surface area contributed by atoms with Gasteiger partial charge in [0.1, 0.15) is 17.1 Å². The monoisotopic (exact) mass is 557 g/mol. The molecule has 208 valence electrons. The van der Waals surface area contributed by atoms with Crippen molar-refractivity contribution in [3.63, 3.8) is 0 Å². The molecule has 1 N–H and O–H groups in total. The molecule has 4 rings (SSSR count). The molecule has 1 aliphatic heterocycles. The van der Waals surface area contributed by atoms with Crippen molar-refractivity contribution in [1.29, 1.82) is 0 Å². The van der Waals surface area contributed by atoms with Crippen LogP contribution in [0.4, 0.5) is 4.39 Å². The minimum absolute atomic E-state index is 0.0436. The van der Waals surface area contributed by atoms with Gasteiger partial charge in [-0.2, -0.15) is 8.42 Å². The Balaban J connectivity index is 1.62. The molecule has 0 radical (unpaired) electrons. The maximum absolute atomic E-state index is 14.4. The summed E-state index contributed by atoms with van der Waals surface area (Å²) in [6.45, 7) is 6.92. The number of benzene rings is 1. The number of ether oxygens (including phenoxy) is 3. The molecule has 9 nitrogen and oxygen atoms in total. The highest BCUT2D eigenvalue weighted by atomic mass is 32.2. The summed E-state index contributed by atoms with van der Waals surface area (Å²) in [5.74, 6) is -0.913. The zero-order chi connectivity index (χ0) is 28.0. The third-order valence-electron chi connectivity index (χ3n) is 5.92. The normalized spacial score (nSPS) is 15.4. The molecule has 1 saturated heterocycles. The quantitative estimate of drug-likeness (QED) is 0.361. The van der Waals surface area contributed by atoms with Gasteiger partial charge in [-0.25, -0.2) is 19.1 Å². The Morgan fingerprint density at radius 3 is 2.69 bits per heavy atom. The van der Waals surface area contributed by atoms with Crippen LogP contribution in [0.25, 0.3) is 11.3 Å². The second-order valence-electron chi connectivity index (χ2n) is 9.75. The Labute approximate surface area is 227 Å². The second kappa shape index (κ2) is 12.5. The van der Waals surface area contributed by atoms with Crippen molar-refractivity contribution in [3.8, 4) is 22.9 Å². The van der Waals surface area contributed by atoms with Crippen molar-refractivity contribution in [2.45, 2.75) is 51.2 Å². The summed E-state index contributed by atoms with van der Waals surface area (Å²) in [6, 6.07) is 11.6. The Morgan fingerprint density at radius 1 is 1.15 bits per heavy atom. The average molecular weight is 558 g/mol. The topological polar surface area (TPSA) is 117 Å². The fourth-order valence-electron chi connectivity index (χ4n) is 4.00. The van der Waals surface area contributed by atoms with Crippen molar-refractivity contribution < 1.29 is 31.8 Å². The number of aryl methyl sites for hydroxylation is 1. The summed E-state index contributed by atoms with van der Waals surface area (Å²) < 4.78 is 59.3. The third kappa shape index (κ3) is 7.73. The number of nitrogens with zero attached hydrogens (tertiary/aromatic N) is 2. The summed E-state index contributed by atoms with van der Waals surface area (Å²) in [7, 11) is -4.25. The number of halogens is 1. The molecule has 11 heteroatoms. The number of pyridine rings is 2. The molecule has 3 heterocycles. The molecule has 1 aliphatic rings. The van der Waals surface area contributed by atoms with Crippen molar-refractivity contribution in [2.75, 3.05) is 19.8 Å². The first-order valence-electron chi connectivity index (χ1n) is 12.8. The van der Waals surface area contributed by atoms with E-state index in [4.69, 9.17) is 14.2 Å². The number of sulfonamides is 1. The number of amides is 1. The number of carbonyl (C=O) groups excluding carboxylic acids is 1. The van der Waals surface area contributed by atoms with E-state index in [9.17, 15) is 17.6 Å². The van der Waals surface area contributed by atoms with Crippen molar-refractivity contribution in [2.24, 2.45) is 5.92 Å². The lowest BCUT2D eigenvalue weighted by molar-refractivity contribution is 0.0888. The fraction of sp³-hybridized carbons (Fsp3) is 0.393. The number of carbonyl (C=O) groups is 1. The molecule has 3 aromatic rings. The highest BCUT2D eigenvalue weighted by Gasteiger charge is 2.24. The van der Waals surface area contributed by atoms with Gasteiger partial charge in [0.15, 0.2) is 5.03 Å². The highest BCUT2D eigenvalue weighted by Crippen LogP contribution is 2.28. The maximum atomic E-state index is 14.4. The average Bonchev–Trinajstić information content (AvgIpc) is 3.40. The predicted octanol–water partition coefficient (Wildman–Crippen LogP) is 4.69. The van der Waals surface area contributed by atoms with Crippen LogP contribution in [-0.2, 0) is 14.8 Å². The van der Waals surface area contributed by atoms with E-state index in [-0.39, 0.29) is 35.1 Å². The van der Waals surface area contributed by atoms with Crippen molar-refractivity contribution >= 4 is 15.9 Å². The van der Waals surface area contributed by atoms with Gasteiger partial charge in [0, 0.05) is 30.4 Å². The number of rotatable bonds is 11. The van der Waals surface area contributed by atoms with Crippen molar-refractivity contribution in [1.82, 2.24) is 14.7 Å². The molecule has 0 aliphatic carbocycles. The fourth-order valence-corrected chi connectivity index (χ4v) is 4.98. The molecule has 0 spiro atoms. The van der Waals surface area contributed by atoms with Gasteiger partial charge in [0.05, 0.1) is 25.0 Å². The molecular formula is C28H32FN3O6S. The van der Waals surface area contributed by atoms with Crippen LogP contribution in [0.15, 0.2) is 53.6 Å². The molecule has 1 aromatic carbocycles. The van der Waals surface area contributed by atoms with E-state index in [1.54, 1.807) is 19.1 Å². The number of aromatic nitrogens is 2. The lowest BCUT2D eigenvalue weighted by atomic mass is 10.1. The summed E-state index contributed by atoms with van der Waals surface area (Å²) in [5, 5.41) is -0.282. The summed E-state index contributed by atoms with van der Waals surface area (Å²) >= 11 is 0. The van der Waals surface area contributed by atoms with Crippen LogP contribution in [0, 0.1) is 18.7 Å². The van der Waals surface area contributed by atoms with E-state index >= 15 is 0 Å². The lowest BCUT2D eigenvalue weighted by Gasteiger charge is -2.15. The van der Waals surface area contributed by atoms with Gasteiger partial charge in [-0.15, -0.1) is 0 Å². The zero-order valence-electron chi connectivity index (χ0n) is 22.1. The van der Waals surface area contributed by atoms with Gasteiger partial charge >= 0.3 is 0 Å². The SMILES string of the molecule is Cc1cccc(S(=O)(=O)NC(=O)c2ccc(-c3cc(F)cc(OCC(C)C)c3)nc2OCCC2CCCO2)n1. The minimum atomic E-state index is -4.25. The predicted molar refractivity (Wildman–Crippen MR) is 143 cm³/mol. The number of hydrogen-bond donors (Lipinski definition) is 1. The summed E-state index contributed by atoms with van der Waals surface area (Å²) in [4.78, 5) is 21.6. The maximum Gasteiger partial charge on any atom is 0.281 e. The largest absolute Gasteiger partial charge is 0.493 e. The first kappa shape index (κ1) is 28.4. The minimum Gasteiger partial charge on any atom is -0.493 e. The summed E-state index contributed by atoms with van der Waals surface area (Å²) in [5.41, 5.74) is 1.15. The van der Waals surface area contributed by atoms with Crippen LogP contribution in [0.5, 0.6) is 11.6 Å². The molecule has 1 fully saturated rings. The molecule has 1 amide bonds. The Bertz CT molecular complexity index is 1420. The lowest BCUT2D eigenvalue weighted by Crippen LogP contribution is -2.31. The van der Waals surface area contributed by atoms with E-state index in [2.05, 4.69) is 9.97 Å². The molecule has 1 unspecified atom stereocenters. The second-order valence-corrected chi connectivity index (χ2v) is 11.4.